The lowest BCUT2D eigenvalue weighted by Crippen LogP contribution is -1.97. The molecule has 0 unspecified atom stereocenters. The fraction of sp³-hybridized carbons (Fsp3) is 0.0769. The van der Waals surface area contributed by atoms with E-state index in [2.05, 4.69) is 35.3 Å². The van der Waals surface area contributed by atoms with E-state index in [0.717, 1.165) is 0 Å². The highest BCUT2D eigenvalue weighted by Crippen LogP contribution is 2.36. The average Bonchev–Trinajstić information content (AvgIpc) is 2.63. The van der Waals surface area contributed by atoms with Gasteiger partial charge >= 0.3 is 0 Å². The van der Waals surface area contributed by atoms with Crippen molar-refractivity contribution < 1.29 is 0 Å². The van der Waals surface area contributed by atoms with Crippen LogP contribution in [0.5, 0.6) is 0 Å². The largest absolute Gasteiger partial charge is 0.361 e. The summed E-state index contributed by atoms with van der Waals surface area (Å²) in [5.41, 5.74) is 9.44. The van der Waals surface area contributed by atoms with E-state index in [1.54, 1.807) is 0 Å². The molecule has 2 nitrogen and oxygen atoms in total. The SMILES string of the molecule is NCc1c2[nH]cccc-2c2ccccc12. The summed E-state index contributed by atoms with van der Waals surface area (Å²) in [4.78, 5) is 3.28. The molecule has 0 bridgehead atoms. The summed E-state index contributed by atoms with van der Waals surface area (Å²) < 4.78 is 0. The van der Waals surface area contributed by atoms with Gasteiger partial charge in [0.1, 0.15) is 0 Å². The van der Waals surface area contributed by atoms with Crippen molar-refractivity contribution in [3.63, 3.8) is 0 Å². The summed E-state index contributed by atoms with van der Waals surface area (Å²) in [5.74, 6) is 0. The van der Waals surface area contributed by atoms with Gasteiger partial charge in [0.25, 0.3) is 0 Å². The maximum atomic E-state index is 5.81. The number of nitrogens with two attached hydrogens (primary N) is 1. The van der Waals surface area contributed by atoms with Gasteiger partial charge in [0.15, 0.2) is 0 Å². The van der Waals surface area contributed by atoms with E-state index in [-0.39, 0.29) is 0 Å². The van der Waals surface area contributed by atoms with Crippen molar-refractivity contribution in [3.8, 4) is 11.3 Å². The summed E-state index contributed by atoms with van der Waals surface area (Å²) in [5, 5.41) is 2.54. The van der Waals surface area contributed by atoms with E-state index in [9.17, 15) is 0 Å². The van der Waals surface area contributed by atoms with Crippen molar-refractivity contribution in [3.05, 3.63) is 48.2 Å². The molecule has 1 aromatic rings. The molecule has 0 saturated carbocycles. The minimum atomic E-state index is 0.574. The Labute approximate surface area is 88.1 Å². The molecule has 2 aliphatic rings. The van der Waals surface area contributed by atoms with Gasteiger partial charge in [-0.05, 0) is 22.4 Å². The van der Waals surface area contributed by atoms with Crippen LogP contribution in [-0.2, 0) is 6.54 Å². The van der Waals surface area contributed by atoms with Crippen LogP contribution in [0.25, 0.3) is 22.0 Å². The number of pyridine rings is 1. The van der Waals surface area contributed by atoms with Crippen LogP contribution in [0.3, 0.4) is 0 Å². The summed E-state index contributed by atoms with van der Waals surface area (Å²) in [6.45, 7) is 0.574. The predicted octanol–water partition coefficient (Wildman–Crippen LogP) is 2.73. The van der Waals surface area contributed by atoms with E-state index in [0.29, 0.717) is 6.54 Å². The van der Waals surface area contributed by atoms with E-state index in [4.69, 9.17) is 5.73 Å². The molecule has 74 valence electrons. The molecule has 0 aromatic heterocycles. The molecule has 2 heteroatoms. The van der Waals surface area contributed by atoms with Crippen molar-refractivity contribution in [2.75, 3.05) is 0 Å². The number of H-pyrrole nitrogens is 1. The van der Waals surface area contributed by atoms with Crippen LogP contribution in [0.2, 0.25) is 0 Å². The molecule has 0 radical (unpaired) electrons. The molecule has 1 heterocycles. The van der Waals surface area contributed by atoms with Gasteiger partial charge in [0.05, 0.1) is 5.69 Å². The molecule has 1 aliphatic heterocycles. The zero-order valence-electron chi connectivity index (χ0n) is 8.33. The van der Waals surface area contributed by atoms with Gasteiger partial charge in [-0.2, -0.15) is 0 Å². The number of hydrogen-bond donors (Lipinski definition) is 2. The molecule has 1 aliphatic carbocycles. The lowest BCUT2D eigenvalue weighted by atomic mass is 10.1. The normalized spacial score (nSPS) is 11.3. The second-order valence-electron chi connectivity index (χ2n) is 3.69. The summed E-state index contributed by atoms with van der Waals surface area (Å²) in [6, 6.07) is 12.5. The first-order chi connectivity index (χ1) is 7.42. The van der Waals surface area contributed by atoms with E-state index >= 15 is 0 Å². The zero-order valence-corrected chi connectivity index (χ0v) is 8.33. The summed E-state index contributed by atoms with van der Waals surface area (Å²) >= 11 is 0. The summed E-state index contributed by atoms with van der Waals surface area (Å²) in [6.07, 6.45) is 1.94. The number of aromatic nitrogens is 1. The maximum absolute atomic E-state index is 5.81. The number of rotatable bonds is 1. The minimum Gasteiger partial charge on any atom is -0.361 e. The molecule has 0 fully saturated rings. The Bertz CT molecular complexity index is 580. The quantitative estimate of drug-likeness (QED) is 0.617. The second kappa shape index (κ2) is 3.11. The molecule has 15 heavy (non-hydrogen) atoms. The molecule has 0 atom stereocenters. The Morgan fingerprint density at radius 3 is 2.60 bits per heavy atom. The van der Waals surface area contributed by atoms with Crippen molar-refractivity contribution >= 4 is 10.8 Å². The Morgan fingerprint density at radius 1 is 1.00 bits per heavy atom. The lowest BCUT2D eigenvalue weighted by Gasteiger charge is -2.00. The van der Waals surface area contributed by atoms with Crippen LogP contribution in [0.4, 0.5) is 0 Å². The fourth-order valence-corrected chi connectivity index (χ4v) is 2.24. The highest BCUT2D eigenvalue weighted by molar-refractivity contribution is 6.04. The van der Waals surface area contributed by atoms with Gasteiger partial charge in [-0.15, -0.1) is 0 Å². The number of benzene rings is 1. The third-order valence-corrected chi connectivity index (χ3v) is 2.90. The molecule has 3 rings (SSSR count). The van der Waals surface area contributed by atoms with Crippen LogP contribution in [0, 0.1) is 0 Å². The van der Waals surface area contributed by atoms with Crippen LogP contribution < -0.4 is 5.73 Å². The highest BCUT2D eigenvalue weighted by Gasteiger charge is 2.15. The van der Waals surface area contributed by atoms with Crippen molar-refractivity contribution in [1.29, 1.82) is 0 Å². The third-order valence-electron chi connectivity index (χ3n) is 2.90. The first kappa shape index (κ1) is 8.50. The van der Waals surface area contributed by atoms with Crippen LogP contribution in [-0.4, -0.2) is 4.98 Å². The molecular formula is C13H12N2. The van der Waals surface area contributed by atoms with Crippen molar-refractivity contribution in [2.24, 2.45) is 5.73 Å². The molecule has 3 N–H and O–H groups in total. The lowest BCUT2D eigenvalue weighted by molar-refractivity contribution is 1.08. The molecule has 1 aromatic carbocycles. The van der Waals surface area contributed by atoms with Crippen molar-refractivity contribution in [1.82, 2.24) is 4.98 Å². The third kappa shape index (κ3) is 1.09. The van der Waals surface area contributed by atoms with E-state index < -0.39 is 0 Å². The van der Waals surface area contributed by atoms with Gasteiger partial charge in [-0.25, -0.2) is 0 Å². The number of aromatic amines is 1. The fourth-order valence-electron chi connectivity index (χ4n) is 2.24. The van der Waals surface area contributed by atoms with Crippen LogP contribution in [0.15, 0.2) is 42.6 Å². The Morgan fingerprint density at radius 2 is 1.80 bits per heavy atom. The Balaban J connectivity index is 2.54. The highest BCUT2D eigenvalue weighted by atomic mass is 14.7. The van der Waals surface area contributed by atoms with E-state index in [1.165, 1.54) is 27.6 Å². The number of fused-ring (bicyclic) bond motifs is 3. The monoisotopic (exact) mass is 196 g/mol. The second-order valence-corrected chi connectivity index (χ2v) is 3.69. The standard InChI is InChI=1S/C13H12N2/c14-8-12-10-5-2-1-4-9(10)11-6-3-7-15-13(11)12/h1-7,15H,8,14H2. The molecular weight excluding hydrogens is 184 g/mol. The van der Waals surface area contributed by atoms with Crippen LogP contribution >= 0.6 is 0 Å². The molecule has 0 saturated heterocycles. The predicted molar refractivity (Wildman–Crippen MR) is 62.8 cm³/mol. The molecule has 0 spiro atoms. The van der Waals surface area contributed by atoms with Gasteiger partial charge in [0, 0.05) is 18.3 Å². The van der Waals surface area contributed by atoms with Gasteiger partial charge in [-0.1, -0.05) is 30.3 Å². The Hall–Kier alpha value is -1.80. The van der Waals surface area contributed by atoms with E-state index in [1.807, 2.05) is 12.3 Å². The Kier molecular flexibility index (Phi) is 1.76. The topological polar surface area (TPSA) is 41.8 Å². The number of nitrogens with one attached hydrogen (secondary N) is 1. The average molecular weight is 196 g/mol. The minimum absolute atomic E-state index is 0.574. The summed E-state index contributed by atoms with van der Waals surface area (Å²) in [7, 11) is 0. The zero-order chi connectivity index (χ0) is 10.3. The van der Waals surface area contributed by atoms with Gasteiger partial charge in [-0.3, -0.25) is 0 Å². The van der Waals surface area contributed by atoms with Gasteiger partial charge in [0.2, 0.25) is 0 Å². The molecule has 0 amide bonds. The first-order valence-electron chi connectivity index (χ1n) is 5.08. The first-order valence-corrected chi connectivity index (χ1v) is 5.08. The number of hydrogen-bond acceptors (Lipinski definition) is 1. The van der Waals surface area contributed by atoms with Gasteiger partial charge < -0.3 is 10.7 Å². The van der Waals surface area contributed by atoms with Crippen LogP contribution in [0.1, 0.15) is 5.56 Å². The van der Waals surface area contributed by atoms with Crippen molar-refractivity contribution in [2.45, 2.75) is 6.54 Å². The smallest absolute Gasteiger partial charge is 0.0511 e. The maximum Gasteiger partial charge on any atom is 0.0511 e.